The van der Waals surface area contributed by atoms with E-state index >= 15 is 0 Å². The van der Waals surface area contributed by atoms with Crippen LogP contribution >= 0.6 is 0 Å². The summed E-state index contributed by atoms with van der Waals surface area (Å²) < 4.78 is 5.46. The van der Waals surface area contributed by atoms with E-state index in [0.717, 1.165) is 25.2 Å². The molecule has 0 aromatic heterocycles. The molecule has 1 atom stereocenters. The van der Waals surface area contributed by atoms with Gasteiger partial charge in [0.05, 0.1) is 0 Å². The first-order valence-electron chi connectivity index (χ1n) is 6.73. The highest BCUT2D eigenvalue weighted by molar-refractivity contribution is 4.81. The van der Waals surface area contributed by atoms with Crippen LogP contribution in [0.2, 0.25) is 0 Å². The number of ether oxygens (including phenoxy) is 1. The van der Waals surface area contributed by atoms with Gasteiger partial charge in [0.2, 0.25) is 0 Å². The van der Waals surface area contributed by atoms with E-state index in [1.54, 1.807) is 0 Å². The Morgan fingerprint density at radius 1 is 1.13 bits per heavy atom. The van der Waals surface area contributed by atoms with Gasteiger partial charge in [-0.1, -0.05) is 13.3 Å². The molecule has 2 fully saturated rings. The molecule has 0 aromatic rings. The highest BCUT2D eigenvalue weighted by atomic mass is 16.5. The lowest BCUT2D eigenvalue weighted by molar-refractivity contribution is 0.0189. The number of hydrogen-bond donors (Lipinski definition) is 0. The number of nitrogens with zero attached hydrogens (tertiary/aromatic N) is 1. The van der Waals surface area contributed by atoms with Crippen molar-refractivity contribution in [2.24, 2.45) is 5.92 Å². The molecule has 0 saturated carbocycles. The van der Waals surface area contributed by atoms with E-state index in [2.05, 4.69) is 11.8 Å². The summed E-state index contributed by atoms with van der Waals surface area (Å²) in [5, 5.41) is 0. The van der Waals surface area contributed by atoms with E-state index in [9.17, 15) is 0 Å². The van der Waals surface area contributed by atoms with Crippen molar-refractivity contribution in [1.29, 1.82) is 0 Å². The van der Waals surface area contributed by atoms with Crippen molar-refractivity contribution >= 4 is 0 Å². The number of piperidine rings is 1. The SMILES string of the molecule is CCC(C1CCOCC1)N1CCCCC1. The Kier molecular flexibility index (Phi) is 4.45. The smallest absolute Gasteiger partial charge is 0.0469 e. The van der Waals surface area contributed by atoms with Gasteiger partial charge in [0.1, 0.15) is 0 Å². The quantitative estimate of drug-likeness (QED) is 0.711. The monoisotopic (exact) mass is 211 g/mol. The fourth-order valence-electron chi connectivity index (χ4n) is 3.24. The molecule has 15 heavy (non-hydrogen) atoms. The first-order valence-corrected chi connectivity index (χ1v) is 6.73. The molecule has 2 heteroatoms. The van der Waals surface area contributed by atoms with Gasteiger partial charge in [-0.15, -0.1) is 0 Å². The standard InChI is InChI=1S/C13H25NO/c1-2-13(12-6-10-15-11-7-12)14-8-4-3-5-9-14/h12-13H,2-11H2,1H3. The second-order valence-electron chi connectivity index (χ2n) is 5.02. The molecule has 0 N–H and O–H groups in total. The highest BCUT2D eigenvalue weighted by Gasteiger charge is 2.28. The fourth-order valence-corrected chi connectivity index (χ4v) is 3.24. The molecule has 2 rings (SSSR count). The minimum absolute atomic E-state index is 0.842. The van der Waals surface area contributed by atoms with Crippen LogP contribution < -0.4 is 0 Å². The Morgan fingerprint density at radius 2 is 1.80 bits per heavy atom. The Labute approximate surface area is 94.0 Å². The van der Waals surface area contributed by atoms with Crippen LogP contribution in [-0.2, 0) is 4.74 Å². The maximum absolute atomic E-state index is 5.46. The molecule has 0 aromatic carbocycles. The van der Waals surface area contributed by atoms with Gasteiger partial charge < -0.3 is 9.64 Å². The average molecular weight is 211 g/mol. The molecule has 0 bridgehead atoms. The summed E-state index contributed by atoms with van der Waals surface area (Å²) in [6.45, 7) is 7.03. The van der Waals surface area contributed by atoms with Crippen LogP contribution in [0.25, 0.3) is 0 Å². The zero-order valence-corrected chi connectivity index (χ0v) is 10.1. The fraction of sp³-hybridized carbons (Fsp3) is 1.00. The van der Waals surface area contributed by atoms with Crippen LogP contribution in [0.15, 0.2) is 0 Å². The lowest BCUT2D eigenvalue weighted by Crippen LogP contribution is -2.44. The molecule has 2 aliphatic rings. The van der Waals surface area contributed by atoms with Gasteiger partial charge in [-0.2, -0.15) is 0 Å². The van der Waals surface area contributed by atoms with Crippen LogP contribution in [0.4, 0.5) is 0 Å². The number of hydrogen-bond acceptors (Lipinski definition) is 2. The summed E-state index contributed by atoms with van der Waals surface area (Å²) in [5.41, 5.74) is 0. The maximum atomic E-state index is 5.46. The van der Waals surface area contributed by atoms with Gasteiger partial charge in [-0.3, -0.25) is 0 Å². The Hall–Kier alpha value is -0.0800. The largest absolute Gasteiger partial charge is 0.381 e. The van der Waals surface area contributed by atoms with E-state index in [4.69, 9.17) is 4.74 Å². The summed E-state index contributed by atoms with van der Waals surface area (Å²) in [4.78, 5) is 2.75. The molecule has 0 spiro atoms. The lowest BCUT2D eigenvalue weighted by Gasteiger charge is -2.40. The highest BCUT2D eigenvalue weighted by Crippen LogP contribution is 2.27. The van der Waals surface area contributed by atoms with Crippen molar-refractivity contribution in [3.8, 4) is 0 Å². The van der Waals surface area contributed by atoms with E-state index in [0.29, 0.717) is 0 Å². The maximum Gasteiger partial charge on any atom is 0.0469 e. The average Bonchev–Trinajstić information content (AvgIpc) is 2.33. The van der Waals surface area contributed by atoms with Crippen molar-refractivity contribution in [1.82, 2.24) is 4.90 Å². The van der Waals surface area contributed by atoms with Crippen LogP contribution in [0, 0.1) is 5.92 Å². The predicted octanol–water partition coefficient (Wildman–Crippen LogP) is 2.68. The normalized spacial score (nSPS) is 27.8. The third-order valence-corrected chi connectivity index (χ3v) is 4.09. The zero-order valence-electron chi connectivity index (χ0n) is 10.1. The molecule has 0 aliphatic carbocycles. The molecule has 88 valence electrons. The molecule has 2 heterocycles. The third kappa shape index (κ3) is 2.94. The number of likely N-dealkylation sites (tertiary alicyclic amines) is 1. The molecule has 0 amide bonds. The van der Waals surface area contributed by atoms with Crippen LogP contribution in [0.5, 0.6) is 0 Å². The summed E-state index contributed by atoms with van der Waals surface area (Å²) in [7, 11) is 0. The zero-order chi connectivity index (χ0) is 10.5. The number of rotatable bonds is 3. The Balaban J connectivity index is 1.88. The van der Waals surface area contributed by atoms with Crippen molar-refractivity contribution in [3.63, 3.8) is 0 Å². The van der Waals surface area contributed by atoms with Crippen molar-refractivity contribution in [2.75, 3.05) is 26.3 Å². The minimum atomic E-state index is 0.842. The summed E-state index contributed by atoms with van der Waals surface area (Å²) in [5.74, 6) is 0.904. The molecule has 1 unspecified atom stereocenters. The van der Waals surface area contributed by atoms with Gasteiger partial charge in [0.15, 0.2) is 0 Å². The summed E-state index contributed by atoms with van der Waals surface area (Å²) in [6, 6.07) is 0.842. The second-order valence-corrected chi connectivity index (χ2v) is 5.02. The molecule has 2 saturated heterocycles. The molecular weight excluding hydrogens is 186 g/mol. The Bertz CT molecular complexity index is 153. The second kappa shape index (κ2) is 5.86. The summed E-state index contributed by atoms with van der Waals surface area (Å²) >= 11 is 0. The van der Waals surface area contributed by atoms with Crippen LogP contribution in [-0.4, -0.2) is 37.2 Å². The van der Waals surface area contributed by atoms with Gasteiger partial charge >= 0.3 is 0 Å². The minimum Gasteiger partial charge on any atom is -0.381 e. The third-order valence-electron chi connectivity index (χ3n) is 4.09. The topological polar surface area (TPSA) is 12.5 Å². The van der Waals surface area contributed by atoms with Gasteiger partial charge in [-0.25, -0.2) is 0 Å². The Morgan fingerprint density at radius 3 is 2.40 bits per heavy atom. The van der Waals surface area contributed by atoms with E-state index in [-0.39, 0.29) is 0 Å². The molecule has 2 aliphatic heterocycles. The van der Waals surface area contributed by atoms with E-state index < -0.39 is 0 Å². The van der Waals surface area contributed by atoms with Gasteiger partial charge in [-0.05, 0) is 51.1 Å². The molecule has 2 nitrogen and oxygen atoms in total. The lowest BCUT2D eigenvalue weighted by atomic mass is 9.88. The van der Waals surface area contributed by atoms with Crippen molar-refractivity contribution in [3.05, 3.63) is 0 Å². The van der Waals surface area contributed by atoms with Gasteiger partial charge in [0, 0.05) is 19.3 Å². The van der Waals surface area contributed by atoms with Crippen molar-refractivity contribution < 1.29 is 4.74 Å². The van der Waals surface area contributed by atoms with E-state index in [1.165, 1.54) is 51.6 Å². The van der Waals surface area contributed by atoms with E-state index in [1.807, 2.05) is 0 Å². The molecule has 0 radical (unpaired) electrons. The van der Waals surface area contributed by atoms with Crippen LogP contribution in [0.1, 0.15) is 45.4 Å². The predicted molar refractivity (Wildman–Crippen MR) is 63.0 cm³/mol. The van der Waals surface area contributed by atoms with Gasteiger partial charge in [0.25, 0.3) is 0 Å². The molecular formula is C13H25NO. The van der Waals surface area contributed by atoms with Crippen molar-refractivity contribution in [2.45, 2.75) is 51.5 Å². The van der Waals surface area contributed by atoms with Crippen LogP contribution in [0.3, 0.4) is 0 Å². The first kappa shape index (κ1) is 11.4. The first-order chi connectivity index (χ1) is 7.42. The summed E-state index contributed by atoms with van der Waals surface area (Å²) in [6.07, 6.45) is 8.18.